The van der Waals surface area contributed by atoms with Crippen molar-refractivity contribution in [3.8, 4) is 0 Å². The average molecular weight is 357 g/mol. The van der Waals surface area contributed by atoms with E-state index in [9.17, 15) is 19.8 Å². The van der Waals surface area contributed by atoms with Gasteiger partial charge >= 0.3 is 5.97 Å². The Hall–Kier alpha value is -2.18. The summed E-state index contributed by atoms with van der Waals surface area (Å²) in [5.74, 6) is -1.42. The Bertz CT molecular complexity index is 808. The fraction of sp³-hybridized carbons (Fsp3) is 0.500. The van der Waals surface area contributed by atoms with E-state index in [1.165, 1.54) is 6.07 Å². The fourth-order valence-corrected chi connectivity index (χ4v) is 4.48. The predicted octanol–water partition coefficient (Wildman–Crippen LogP) is 1.90. The van der Waals surface area contributed by atoms with Gasteiger partial charge in [-0.15, -0.1) is 0 Å². The van der Waals surface area contributed by atoms with E-state index >= 15 is 0 Å². The number of carbonyl (C=O) groups is 2. The summed E-state index contributed by atoms with van der Waals surface area (Å²) in [4.78, 5) is 25.8. The maximum absolute atomic E-state index is 12.9. The molecule has 0 spiro atoms. The minimum atomic E-state index is -2.37. The van der Waals surface area contributed by atoms with Crippen molar-refractivity contribution in [2.45, 2.75) is 62.9 Å². The smallest absolute Gasteiger partial charge is 0.339 e. The first-order valence-electron chi connectivity index (χ1n) is 9.19. The monoisotopic (exact) mass is 357 g/mol. The third kappa shape index (κ3) is 2.18. The van der Waals surface area contributed by atoms with Crippen LogP contribution in [-0.4, -0.2) is 33.7 Å². The van der Waals surface area contributed by atoms with Crippen LogP contribution < -0.4 is 5.32 Å². The highest BCUT2D eigenvalue weighted by Gasteiger charge is 2.70. The zero-order valence-electron chi connectivity index (χ0n) is 14.7. The van der Waals surface area contributed by atoms with Crippen LogP contribution in [0, 0.1) is 0 Å². The van der Waals surface area contributed by atoms with Gasteiger partial charge in [0.15, 0.2) is 0 Å². The minimum Gasteiger partial charge on any atom is -0.459 e. The van der Waals surface area contributed by atoms with Crippen LogP contribution in [0.5, 0.6) is 0 Å². The number of carbonyl (C=O) groups excluding carboxylic acids is 2. The van der Waals surface area contributed by atoms with Crippen molar-refractivity contribution in [1.29, 1.82) is 0 Å². The Kier molecular flexibility index (Phi) is 3.93. The number of benzene rings is 1. The molecule has 0 saturated heterocycles. The van der Waals surface area contributed by atoms with E-state index in [-0.39, 0.29) is 28.5 Å². The summed E-state index contributed by atoms with van der Waals surface area (Å²) in [5.41, 5.74) is -3.88. The summed E-state index contributed by atoms with van der Waals surface area (Å²) in [6.45, 7) is 1.56. The molecular formula is C20H23NO5. The topological polar surface area (TPSA) is 95.9 Å². The molecule has 1 aliphatic heterocycles. The summed E-state index contributed by atoms with van der Waals surface area (Å²) in [7, 11) is 0. The molecule has 2 atom stereocenters. The number of ether oxygens (including phenoxy) is 1. The number of rotatable bonds is 2. The van der Waals surface area contributed by atoms with Gasteiger partial charge in [0.05, 0.1) is 0 Å². The molecule has 0 bridgehead atoms. The lowest BCUT2D eigenvalue weighted by Crippen LogP contribution is -2.56. The van der Waals surface area contributed by atoms with Crippen molar-refractivity contribution in [2.75, 3.05) is 0 Å². The molecule has 0 amide bonds. The van der Waals surface area contributed by atoms with E-state index in [1.54, 1.807) is 25.1 Å². The largest absolute Gasteiger partial charge is 0.459 e. The third-order valence-electron chi connectivity index (χ3n) is 5.80. The molecule has 6 nitrogen and oxygen atoms in total. The maximum atomic E-state index is 12.9. The van der Waals surface area contributed by atoms with Crippen LogP contribution in [-0.2, 0) is 15.3 Å². The number of ketones is 1. The molecule has 2 aliphatic carbocycles. The van der Waals surface area contributed by atoms with Gasteiger partial charge in [0.1, 0.15) is 11.7 Å². The van der Waals surface area contributed by atoms with Crippen molar-refractivity contribution in [1.82, 2.24) is 5.32 Å². The number of hydrogen-bond acceptors (Lipinski definition) is 6. The quantitative estimate of drug-likeness (QED) is 0.553. The van der Waals surface area contributed by atoms with Crippen LogP contribution in [0.15, 0.2) is 35.5 Å². The second-order valence-electron chi connectivity index (χ2n) is 7.44. The fourth-order valence-electron chi connectivity index (χ4n) is 4.48. The first kappa shape index (κ1) is 17.2. The molecule has 1 fully saturated rings. The van der Waals surface area contributed by atoms with Crippen molar-refractivity contribution in [3.63, 3.8) is 0 Å². The second kappa shape index (κ2) is 5.93. The minimum absolute atomic E-state index is 0.189. The number of Topliss-reactive ketones (excluding diaryl/α,β-unsaturated/α-hetero) is 1. The SMILES string of the molecule is CC1=C(C(=O)OC2CCCCCC2)[C@]2(O)C(=O)c3ccccc3[C@@]2(O)N1. The Balaban J connectivity index is 1.68. The number of nitrogens with one attached hydrogen (secondary N) is 1. The molecule has 1 saturated carbocycles. The van der Waals surface area contributed by atoms with Gasteiger partial charge in [0.2, 0.25) is 17.1 Å². The molecule has 6 heteroatoms. The number of esters is 1. The molecular weight excluding hydrogens is 334 g/mol. The van der Waals surface area contributed by atoms with Gasteiger partial charge in [-0.05, 0) is 32.6 Å². The van der Waals surface area contributed by atoms with Crippen molar-refractivity contribution >= 4 is 11.8 Å². The van der Waals surface area contributed by atoms with Gasteiger partial charge in [-0.25, -0.2) is 4.79 Å². The van der Waals surface area contributed by atoms with Crippen LogP contribution in [0.4, 0.5) is 0 Å². The van der Waals surface area contributed by atoms with Crippen molar-refractivity contribution < 1.29 is 24.5 Å². The number of aliphatic hydroxyl groups is 2. The van der Waals surface area contributed by atoms with E-state index in [4.69, 9.17) is 4.74 Å². The molecule has 138 valence electrons. The summed E-state index contributed by atoms with van der Waals surface area (Å²) >= 11 is 0. The van der Waals surface area contributed by atoms with Crippen LogP contribution >= 0.6 is 0 Å². The molecule has 1 heterocycles. The van der Waals surface area contributed by atoms with Gasteiger partial charge < -0.3 is 20.3 Å². The number of hydrogen-bond donors (Lipinski definition) is 3. The highest BCUT2D eigenvalue weighted by molar-refractivity contribution is 6.16. The molecule has 0 unspecified atom stereocenters. The molecule has 0 radical (unpaired) electrons. The van der Waals surface area contributed by atoms with Gasteiger partial charge in [0, 0.05) is 16.8 Å². The van der Waals surface area contributed by atoms with E-state index in [2.05, 4.69) is 5.32 Å². The maximum Gasteiger partial charge on any atom is 0.339 e. The molecule has 0 aromatic heterocycles. The predicted molar refractivity (Wildman–Crippen MR) is 93.0 cm³/mol. The lowest BCUT2D eigenvalue weighted by Gasteiger charge is -2.32. The van der Waals surface area contributed by atoms with Gasteiger partial charge in [-0.1, -0.05) is 37.1 Å². The Morgan fingerprint density at radius 2 is 1.81 bits per heavy atom. The van der Waals surface area contributed by atoms with Gasteiger partial charge in [-0.2, -0.15) is 0 Å². The van der Waals surface area contributed by atoms with Gasteiger partial charge in [0.25, 0.3) is 0 Å². The van der Waals surface area contributed by atoms with E-state index in [0.29, 0.717) is 0 Å². The standard InChI is InChI=1S/C20H23NO5/c1-12-16(18(23)26-13-8-4-2-3-5-9-13)19(24)17(22)14-10-6-7-11-15(14)20(19,25)21-12/h6-7,10-11,13,21,24-25H,2-5,8-9H2,1H3/t19-,20-/m0/s1. The summed E-state index contributed by atoms with van der Waals surface area (Å²) in [5, 5.41) is 25.1. The molecule has 1 aromatic rings. The second-order valence-corrected chi connectivity index (χ2v) is 7.44. The summed E-state index contributed by atoms with van der Waals surface area (Å²) < 4.78 is 5.63. The average Bonchev–Trinajstić information content (AvgIpc) is 2.83. The summed E-state index contributed by atoms with van der Waals surface area (Å²) in [6, 6.07) is 6.45. The first-order valence-corrected chi connectivity index (χ1v) is 9.19. The van der Waals surface area contributed by atoms with Crippen LogP contribution in [0.25, 0.3) is 0 Å². The Morgan fingerprint density at radius 3 is 2.50 bits per heavy atom. The first-order chi connectivity index (χ1) is 12.4. The normalized spacial score (nSPS) is 31.3. The Morgan fingerprint density at radius 1 is 1.15 bits per heavy atom. The highest BCUT2D eigenvalue weighted by atomic mass is 16.5. The summed E-state index contributed by atoms with van der Waals surface area (Å²) in [6.07, 6.45) is 5.56. The van der Waals surface area contributed by atoms with Crippen LogP contribution in [0.1, 0.15) is 61.4 Å². The number of fused-ring (bicyclic) bond motifs is 3. The highest BCUT2D eigenvalue weighted by Crippen LogP contribution is 2.51. The molecule has 26 heavy (non-hydrogen) atoms. The van der Waals surface area contributed by atoms with Gasteiger partial charge in [-0.3, -0.25) is 4.79 Å². The van der Waals surface area contributed by atoms with E-state index < -0.39 is 23.1 Å². The zero-order chi connectivity index (χ0) is 18.5. The Labute approximate surface area is 151 Å². The molecule has 1 aromatic carbocycles. The lowest BCUT2D eigenvalue weighted by molar-refractivity contribution is -0.152. The zero-order valence-corrected chi connectivity index (χ0v) is 14.7. The van der Waals surface area contributed by atoms with Crippen LogP contribution in [0.2, 0.25) is 0 Å². The molecule has 3 aliphatic rings. The lowest BCUT2D eigenvalue weighted by atomic mass is 9.85. The van der Waals surface area contributed by atoms with E-state index in [1.807, 2.05) is 0 Å². The molecule has 3 N–H and O–H groups in total. The van der Waals surface area contributed by atoms with Crippen molar-refractivity contribution in [3.05, 3.63) is 46.7 Å². The molecule has 4 rings (SSSR count). The van der Waals surface area contributed by atoms with Crippen molar-refractivity contribution in [2.24, 2.45) is 0 Å². The van der Waals surface area contributed by atoms with Crippen LogP contribution in [0.3, 0.4) is 0 Å². The third-order valence-corrected chi connectivity index (χ3v) is 5.80. The number of allylic oxidation sites excluding steroid dienone is 1. The van der Waals surface area contributed by atoms with E-state index in [0.717, 1.165) is 38.5 Å².